The Balaban J connectivity index is 1.58. The molecule has 0 spiro atoms. The fourth-order valence-electron chi connectivity index (χ4n) is 3.24. The van der Waals surface area contributed by atoms with Crippen molar-refractivity contribution >= 4 is 11.7 Å². The van der Waals surface area contributed by atoms with Crippen molar-refractivity contribution < 1.29 is 4.79 Å². The van der Waals surface area contributed by atoms with E-state index in [1.165, 1.54) is 12.8 Å². The van der Waals surface area contributed by atoms with Crippen molar-refractivity contribution in [3.63, 3.8) is 0 Å². The van der Waals surface area contributed by atoms with Gasteiger partial charge in [0.2, 0.25) is 5.91 Å². The summed E-state index contributed by atoms with van der Waals surface area (Å²) in [6.07, 6.45) is 12.0. The number of aromatic nitrogens is 2. The molecule has 2 fully saturated rings. The second-order valence-corrected chi connectivity index (χ2v) is 5.84. The zero-order valence-corrected chi connectivity index (χ0v) is 11.8. The van der Waals surface area contributed by atoms with Crippen LogP contribution in [0.5, 0.6) is 0 Å². The Morgan fingerprint density at radius 3 is 2.80 bits per heavy atom. The molecule has 2 heterocycles. The van der Waals surface area contributed by atoms with Crippen LogP contribution >= 0.6 is 0 Å². The maximum Gasteiger partial charge on any atom is 0.225 e. The number of nitrogens with one attached hydrogen (secondary N) is 1. The van der Waals surface area contributed by atoms with Crippen LogP contribution in [0.4, 0.5) is 5.82 Å². The van der Waals surface area contributed by atoms with E-state index in [-0.39, 0.29) is 11.8 Å². The lowest BCUT2D eigenvalue weighted by Gasteiger charge is -2.33. The van der Waals surface area contributed by atoms with E-state index in [1.54, 1.807) is 18.6 Å². The van der Waals surface area contributed by atoms with Crippen molar-refractivity contribution in [1.29, 1.82) is 0 Å². The van der Waals surface area contributed by atoms with Crippen molar-refractivity contribution in [3.05, 3.63) is 18.6 Å². The minimum Gasteiger partial charge on any atom is -0.355 e. The summed E-state index contributed by atoms with van der Waals surface area (Å²) in [6.45, 7) is 1.73. The standard InChI is InChI=1S/C15H22N4O/c20-15(18-13-5-1-2-6-13)12-4-3-9-19(11-12)14-10-16-7-8-17-14/h7-8,10,12-13H,1-6,9,11H2,(H,18,20). The second kappa shape index (κ2) is 6.20. The van der Waals surface area contributed by atoms with Crippen molar-refractivity contribution in [1.82, 2.24) is 15.3 Å². The first-order valence-electron chi connectivity index (χ1n) is 7.64. The number of amides is 1. The monoisotopic (exact) mass is 274 g/mol. The normalized spacial score (nSPS) is 23.8. The molecule has 1 saturated heterocycles. The molecule has 1 unspecified atom stereocenters. The first-order chi connectivity index (χ1) is 9.83. The average Bonchev–Trinajstić information content (AvgIpc) is 3.01. The molecule has 5 nitrogen and oxygen atoms in total. The van der Waals surface area contributed by atoms with E-state index >= 15 is 0 Å². The lowest BCUT2D eigenvalue weighted by Crippen LogP contribution is -2.45. The van der Waals surface area contributed by atoms with Crippen LogP contribution in [0.1, 0.15) is 38.5 Å². The van der Waals surface area contributed by atoms with Gasteiger partial charge in [-0.2, -0.15) is 0 Å². The van der Waals surface area contributed by atoms with E-state index in [1.807, 2.05) is 0 Å². The van der Waals surface area contributed by atoms with Gasteiger partial charge in [0, 0.05) is 31.5 Å². The van der Waals surface area contributed by atoms with Gasteiger partial charge in [-0.3, -0.25) is 9.78 Å². The summed E-state index contributed by atoms with van der Waals surface area (Å²) in [7, 11) is 0. The van der Waals surface area contributed by atoms with Gasteiger partial charge in [0.25, 0.3) is 0 Å². The Kier molecular flexibility index (Phi) is 4.14. The zero-order chi connectivity index (χ0) is 13.8. The van der Waals surface area contributed by atoms with E-state index in [4.69, 9.17) is 0 Å². The third-order valence-corrected chi connectivity index (χ3v) is 4.37. The van der Waals surface area contributed by atoms with E-state index in [9.17, 15) is 4.79 Å². The molecule has 1 amide bonds. The molecule has 1 N–H and O–H groups in total. The minimum atomic E-state index is 0.0892. The third kappa shape index (κ3) is 3.08. The topological polar surface area (TPSA) is 58.1 Å². The Labute approximate surface area is 119 Å². The molecule has 1 atom stereocenters. The second-order valence-electron chi connectivity index (χ2n) is 5.84. The van der Waals surface area contributed by atoms with Crippen LogP contribution in [0.15, 0.2) is 18.6 Å². The molecular formula is C15H22N4O. The molecular weight excluding hydrogens is 252 g/mol. The number of hydrogen-bond acceptors (Lipinski definition) is 4. The molecule has 108 valence electrons. The first-order valence-corrected chi connectivity index (χ1v) is 7.64. The Morgan fingerprint density at radius 2 is 2.05 bits per heavy atom. The third-order valence-electron chi connectivity index (χ3n) is 4.37. The number of anilines is 1. The van der Waals surface area contributed by atoms with Crippen LogP contribution in [0, 0.1) is 5.92 Å². The predicted molar refractivity (Wildman–Crippen MR) is 77.4 cm³/mol. The highest BCUT2D eigenvalue weighted by Gasteiger charge is 2.28. The first kappa shape index (κ1) is 13.3. The predicted octanol–water partition coefficient (Wildman–Crippen LogP) is 1.75. The van der Waals surface area contributed by atoms with E-state index < -0.39 is 0 Å². The summed E-state index contributed by atoms with van der Waals surface area (Å²) in [5.74, 6) is 1.20. The average molecular weight is 274 g/mol. The SMILES string of the molecule is O=C(NC1CCCC1)C1CCCN(c2cnccn2)C1. The largest absolute Gasteiger partial charge is 0.355 e. The fourth-order valence-corrected chi connectivity index (χ4v) is 3.24. The zero-order valence-electron chi connectivity index (χ0n) is 11.8. The molecule has 1 saturated carbocycles. The van der Waals surface area contributed by atoms with Crippen LogP contribution in [0.3, 0.4) is 0 Å². The van der Waals surface area contributed by atoms with Gasteiger partial charge >= 0.3 is 0 Å². The van der Waals surface area contributed by atoms with Gasteiger partial charge in [0.15, 0.2) is 0 Å². The molecule has 1 aromatic rings. The summed E-state index contributed by atoms with van der Waals surface area (Å²) in [5, 5.41) is 3.22. The smallest absolute Gasteiger partial charge is 0.225 e. The number of carbonyl (C=O) groups excluding carboxylic acids is 1. The summed E-state index contributed by atoms with van der Waals surface area (Å²) < 4.78 is 0. The lowest BCUT2D eigenvalue weighted by molar-refractivity contribution is -0.125. The van der Waals surface area contributed by atoms with Crippen LogP contribution in [0.25, 0.3) is 0 Å². The van der Waals surface area contributed by atoms with E-state index in [2.05, 4.69) is 20.2 Å². The highest BCUT2D eigenvalue weighted by Crippen LogP contribution is 2.23. The molecule has 0 radical (unpaired) electrons. The molecule has 20 heavy (non-hydrogen) atoms. The van der Waals surface area contributed by atoms with Gasteiger partial charge in [-0.05, 0) is 25.7 Å². The highest BCUT2D eigenvalue weighted by molar-refractivity contribution is 5.79. The maximum absolute atomic E-state index is 12.4. The number of piperidine rings is 1. The van der Waals surface area contributed by atoms with Crippen molar-refractivity contribution in [2.24, 2.45) is 5.92 Å². The lowest BCUT2D eigenvalue weighted by atomic mass is 9.96. The van der Waals surface area contributed by atoms with Gasteiger partial charge < -0.3 is 10.2 Å². The van der Waals surface area contributed by atoms with Crippen molar-refractivity contribution in [3.8, 4) is 0 Å². The number of nitrogens with zero attached hydrogens (tertiary/aromatic N) is 3. The van der Waals surface area contributed by atoms with Crippen LogP contribution in [-0.4, -0.2) is 35.0 Å². The van der Waals surface area contributed by atoms with Gasteiger partial charge in [-0.15, -0.1) is 0 Å². The Morgan fingerprint density at radius 1 is 1.20 bits per heavy atom. The quantitative estimate of drug-likeness (QED) is 0.912. The fraction of sp³-hybridized carbons (Fsp3) is 0.667. The van der Waals surface area contributed by atoms with Crippen molar-refractivity contribution in [2.45, 2.75) is 44.6 Å². The summed E-state index contributed by atoms with van der Waals surface area (Å²) in [6, 6.07) is 0.411. The van der Waals surface area contributed by atoms with E-state index in [0.717, 1.165) is 44.6 Å². The van der Waals surface area contributed by atoms with E-state index in [0.29, 0.717) is 6.04 Å². The van der Waals surface area contributed by atoms with Gasteiger partial charge in [0.05, 0.1) is 12.1 Å². The Hall–Kier alpha value is -1.65. The summed E-state index contributed by atoms with van der Waals surface area (Å²) >= 11 is 0. The maximum atomic E-state index is 12.4. The number of rotatable bonds is 3. The minimum absolute atomic E-state index is 0.0892. The van der Waals surface area contributed by atoms with Gasteiger partial charge in [-0.25, -0.2) is 4.98 Å². The van der Waals surface area contributed by atoms with Crippen molar-refractivity contribution in [2.75, 3.05) is 18.0 Å². The molecule has 2 aliphatic rings. The van der Waals surface area contributed by atoms with Crippen LogP contribution in [-0.2, 0) is 4.79 Å². The molecule has 1 aliphatic carbocycles. The summed E-state index contributed by atoms with van der Waals surface area (Å²) in [4.78, 5) is 23.0. The molecule has 0 aromatic carbocycles. The molecule has 1 aliphatic heterocycles. The van der Waals surface area contributed by atoms with Gasteiger partial charge in [0.1, 0.15) is 5.82 Å². The summed E-state index contributed by atoms with van der Waals surface area (Å²) in [5.41, 5.74) is 0. The van der Waals surface area contributed by atoms with Crippen LogP contribution < -0.4 is 10.2 Å². The number of hydrogen-bond donors (Lipinski definition) is 1. The number of carbonyl (C=O) groups is 1. The molecule has 1 aromatic heterocycles. The van der Waals surface area contributed by atoms with Crippen LogP contribution in [0.2, 0.25) is 0 Å². The molecule has 3 rings (SSSR count). The highest BCUT2D eigenvalue weighted by atomic mass is 16.2. The molecule has 0 bridgehead atoms. The van der Waals surface area contributed by atoms with Gasteiger partial charge in [-0.1, -0.05) is 12.8 Å². The molecule has 5 heteroatoms. The Bertz CT molecular complexity index is 444.